The van der Waals surface area contributed by atoms with Crippen molar-refractivity contribution in [3.8, 4) is 0 Å². The molecule has 0 aromatic heterocycles. The first kappa shape index (κ1) is 14.8. The van der Waals surface area contributed by atoms with E-state index in [0.717, 1.165) is 6.54 Å². The van der Waals surface area contributed by atoms with Crippen LogP contribution in [0.15, 0.2) is 36.4 Å². The second-order valence-electron chi connectivity index (χ2n) is 7.24. The summed E-state index contributed by atoms with van der Waals surface area (Å²) in [7, 11) is 0. The predicted octanol–water partition coefficient (Wildman–Crippen LogP) is 4.72. The lowest BCUT2D eigenvalue weighted by Crippen LogP contribution is -2.51. The summed E-state index contributed by atoms with van der Waals surface area (Å²) in [5.41, 5.74) is 8.63. The maximum absolute atomic E-state index is 2.67. The van der Waals surface area contributed by atoms with Crippen molar-refractivity contribution in [1.29, 1.82) is 0 Å². The maximum atomic E-state index is 2.67. The standard InChI is InChI=1S/C21H26N2/c1-14-11-15(2)16(3)21(12-14)23-17(4)22-10-9-20(23)19-8-6-5-7-18(19)13-22/h5-8,11-12,17,20H,9-10,13H2,1-4H3. The molecule has 2 heteroatoms. The number of aryl methyl sites for hydroxylation is 2. The minimum absolute atomic E-state index is 0.445. The molecule has 3 aliphatic rings. The van der Waals surface area contributed by atoms with Gasteiger partial charge in [0, 0.05) is 18.8 Å². The van der Waals surface area contributed by atoms with Gasteiger partial charge in [0.2, 0.25) is 0 Å². The van der Waals surface area contributed by atoms with Gasteiger partial charge in [-0.05, 0) is 68.0 Å². The maximum Gasteiger partial charge on any atom is 0.0801 e. The molecule has 120 valence electrons. The van der Waals surface area contributed by atoms with E-state index < -0.39 is 0 Å². The fourth-order valence-corrected chi connectivity index (χ4v) is 4.44. The molecule has 3 unspecified atom stereocenters. The molecule has 0 saturated carbocycles. The molecule has 3 heterocycles. The van der Waals surface area contributed by atoms with Crippen molar-refractivity contribution in [2.45, 2.75) is 52.9 Å². The van der Waals surface area contributed by atoms with E-state index in [4.69, 9.17) is 0 Å². The van der Waals surface area contributed by atoms with Gasteiger partial charge in [0.25, 0.3) is 0 Å². The highest BCUT2D eigenvalue weighted by Crippen LogP contribution is 2.43. The summed E-state index contributed by atoms with van der Waals surface area (Å²) in [6.45, 7) is 11.4. The molecule has 0 spiro atoms. The molecular weight excluding hydrogens is 280 g/mol. The third-order valence-corrected chi connectivity index (χ3v) is 5.81. The summed E-state index contributed by atoms with van der Waals surface area (Å²) in [4.78, 5) is 5.30. The van der Waals surface area contributed by atoms with Crippen molar-refractivity contribution in [2.24, 2.45) is 0 Å². The topological polar surface area (TPSA) is 6.48 Å². The molecular formula is C21H26N2. The number of benzene rings is 2. The lowest BCUT2D eigenvalue weighted by Gasteiger charge is -2.47. The zero-order chi connectivity index (χ0) is 16.1. The lowest BCUT2D eigenvalue weighted by molar-refractivity contribution is 0.154. The van der Waals surface area contributed by atoms with Crippen LogP contribution in [0.4, 0.5) is 5.69 Å². The molecule has 5 rings (SSSR count). The molecule has 3 aliphatic heterocycles. The first-order valence-electron chi connectivity index (χ1n) is 8.74. The van der Waals surface area contributed by atoms with Crippen LogP contribution in [0, 0.1) is 20.8 Å². The third-order valence-electron chi connectivity index (χ3n) is 5.81. The van der Waals surface area contributed by atoms with Crippen LogP contribution >= 0.6 is 0 Å². The Bertz CT molecular complexity index is 750. The highest BCUT2D eigenvalue weighted by molar-refractivity contribution is 5.61. The predicted molar refractivity (Wildman–Crippen MR) is 96.8 cm³/mol. The van der Waals surface area contributed by atoms with E-state index in [2.05, 4.69) is 73.9 Å². The summed E-state index contributed by atoms with van der Waals surface area (Å²) in [6.07, 6.45) is 1.66. The van der Waals surface area contributed by atoms with Crippen LogP contribution in [0.2, 0.25) is 0 Å². The van der Waals surface area contributed by atoms with E-state index >= 15 is 0 Å². The second kappa shape index (κ2) is 5.38. The van der Waals surface area contributed by atoms with Crippen LogP contribution in [-0.4, -0.2) is 17.6 Å². The minimum Gasteiger partial charge on any atom is -0.349 e. The zero-order valence-corrected chi connectivity index (χ0v) is 14.6. The molecule has 0 N–H and O–H groups in total. The van der Waals surface area contributed by atoms with Crippen molar-refractivity contribution in [3.63, 3.8) is 0 Å². The molecule has 2 aromatic rings. The van der Waals surface area contributed by atoms with E-state index in [9.17, 15) is 0 Å². The summed E-state index contributed by atoms with van der Waals surface area (Å²) < 4.78 is 0. The SMILES string of the molecule is Cc1cc(C)c(C)c(N2C3CCN(Cc4ccccc43)C2C)c1. The van der Waals surface area contributed by atoms with Crippen molar-refractivity contribution in [3.05, 3.63) is 64.2 Å². The van der Waals surface area contributed by atoms with Crippen LogP contribution in [0.1, 0.15) is 47.2 Å². The van der Waals surface area contributed by atoms with Crippen molar-refractivity contribution in [2.75, 3.05) is 11.4 Å². The van der Waals surface area contributed by atoms with Gasteiger partial charge in [0.1, 0.15) is 0 Å². The Labute approximate surface area is 139 Å². The highest BCUT2D eigenvalue weighted by atomic mass is 15.4. The quantitative estimate of drug-likeness (QED) is 0.752. The van der Waals surface area contributed by atoms with Gasteiger partial charge in [-0.1, -0.05) is 30.3 Å². The van der Waals surface area contributed by atoms with Crippen LogP contribution < -0.4 is 4.90 Å². The van der Waals surface area contributed by atoms with E-state index in [0.29, 0.717) is 12.2 Å². The molecule has 0 radical (unpaired) electrons. The molecule has 23 heavy (non-hydrogen) atoms. The Morgan fingerprint density at radius 3 is 2.65 bits per heavy atom. The largest absolute Gasteiger partial charge is 0.349 e. The summed E-state index contributed by atoms with van der Waals surface area (Å²) in [6, 6.07) is 14.2. The van der Waals surface area contributed by atoms with Gasteiger partial charge in [-0.2, -0.15) is 0 Å². The van der Waals surface area contributed by atoms with E-state index in [1.165, 1.54) is 46.5 Å². The molecule has 0 amide bonds. The summed E-state index contributed by atoms with van der Waals surface area (Å²) >= 11 is 0. The Balaban J connectivity index is 1.89. The van der Waals surface area contributed by atoms with Crippen LogP contribution in [0.5, 0.6) is 0 Å². The molecule has 1 fully saturated rings. The number of anilines is 1. The molecule has 1 saturated heterocycles. The highest BCUT2D eigenvalue weighted by Gasteiger charge is 2.38. The van der Waals surface area contributed by atoms with E-state index in [1.807, 2.05) is 0 Å². The van der Waals surface area contributed by atoms with Crippen LogP contribution in [0.25, 0.3) is 0 Å². The Kier molecular flexibility index (Phi) is 3.46. The smallest absolute Gasteiger partial charge is 0.0801 e. The number of nitrogens with zero attached hydrogens (tertiary/aromatic N) is 2. The Hall–Kier alpha value is -1.80. The Morgan fingerprint density at radius 1 is 1.04 bits per heavy atom. The number of hydrogen-bond acceptors (Lipinski definition) is 2. The summed E-state index contributed by atoms with van der Waals surface area (Å²) in [5, 5.41) is 0. The zero-order valence-electron chi connectivity index (χ0n) is 14.6. The average Bonchev–Trinajstić information content (AvgIpc) is 2.78. The van der Waals surface area contributed by atoms with Crippen LogP contribution in [0.3, 0.4) is 0 Å². The van der Waals surface area contributed by atoms with Gasteiger partial charge in [0.05, 0.1) is 12.2 Å². The second-order valence-corrected chi connectivity index (χ2v) is 7.24. The van der Waals surface area contributed by atoms with Gasteiger partial charge in [0.15, 0.2) is 0 Å². The average molecular weight is 306 g/mol. The van der Waals surface area contributed by atoms with Gasteiger partial charge in [-0.15, -0.1) is 0 Å². The monoisotopic (exact) mass is 306 g/mol. The minimum atomic E-state index is 0.445. The Morgan fingerprint density at radius 2 is 1.83 bits per heavy atom. The van der Waals surface area contributed by atoms with Gasteiger partial charge in [-0.3, -0.25) is 4.90 Å². The molecule has 2 aromatic carbocycles. The van der Waals surface area contributed by atoms with Gasteiger partial charge < -0.3 is 4.90 Å². The van der Waals surface area contributed by atoms with E-state index in [1.54, 1.807) is 0 Å². The van der Waals surface area contributed by atoms with Crippen LogP contribution in [-0.2, 0) is 6.54 Å². The first-order chi connectivity index (χ1) is 11.1. The van der Waals surface area contributed by atoms with Gasteiger partial charge >= 0.3 is 0 Å². The van der Waals surface area contributed by atoms with Crippen molar-refractivity contribution in [1.82, 2.24) is 4.90 Å². The fourth-order valence-electron chi connectivity index (χ4n) is 4.44. The molecule has 0 aliphatic carbocycles. The molecule has 3 atom stereocenters. The van der Waals surface area contributed by atoms with Crippen molar-refractivity contribution < 1.29 is 0 Å². The lowest BCUT2D eigenvalue weighted by atomic mass is 9.95. The normalized spacial score (nSPS) is 26.1. The van der Waals surface area contributed by atoms with Crippen molar-refractivity contribution >= 4 is 5.69 Å². The molecule has 2 nitrogen and oxygen atoms in total. The van der Waals surface area contributed by atoms with Gasteiger partial charge in [-0.25, -0.2) is 0 Å². The number of rotatable bonds is 1. The third kappa shape index (κ3) is 2.28. The number of hydrogen-bond donors (Lipinski definition) is 0. The fraction of sp³-hybridized carbons (Fsp3) is 0.429. The molecule has 2 bridgehead atoms. The summed E-state index contributed by atoms with van der Waals surface area (Å²) in [5.74, 6) is 0. The first-order valence-corrected chi connectivity index (χ1v) is 8.74. The number of fused-ring (bicyclic) bond motifs is 2. The van der Waals surface area contributed by atoms with E-state index in [-0.39, 0.29) is 0 Å².